The van der Waals surface area contributed by atoms with Gasteiger partial charge in [0.05, 0.1) is 0 Å². The molecule has 1 fully saturated rings. The molecule has 0 aromatic heterocycles. The average molecular weight is 397 g/mol. The summed E-state index contributed by atoms with van der Waals surface area (Å²) in [5, 5.41) is 5.54. The van der Waals surface area contributed by atoms with Gasteiger partial charge in [-0.05, 0) is 49.4 Å². The van der Waals surface area contributed by atoms with Crippen molar-refractivity contribution < 1.29 is 23.9 Å². The van der Waals surface area contributed by atoms with Gasteiger partial charge < -0.3 is 14.8 Å². The van der Waals surface area contributed by atoms with Crippen molar-refractivity contribution in [3.63, 3.8) is 0 Å². The monoisotopic (exact) mass is 396 g/mol. The second kappa shape index (κ2) is 10.2. The molecule has 2 rings (SSSR count). The Morgan fingerprint density at radius 1 is 1.19 bits per heavy atom. The molecule has 7 nitrogen and oxygen atoms in total. The van der Waals surface area contributed by atoms with E-state index in [9.17, 15) is 14.4 Å². The number of hydrogen-bond acceptors (Lipinski definition) is 5. The Kier molecular flexibility index (Phi) is 7.91. The van der Waals surface area contributed by atoms with Crippen LogP contribution in [0.1, 0.15) is 38.2 Å². The van der Waals surface area contributed by atoms with E-state index in [0.29, 0.717) is 16.7 Å². The lowest BCUT2D eigenvalue weighted by molar-refractivity contribution is -0.150. The maximum atomic E-state index is 11.9. The molecule has 0 bridgehead atoms. The van der Waals surface area contributed by atoms with Crippen LogP contribution in [0.5, 0.6) is 5.75 Å². The summed E-state index contributed by atoms with van der Waals surface area (Å²) in [7, 11) is 0. The number of nitrogens with one attached hydrogen (secondary N) is 2. The molecule has 0 saturated heterocycles. The largest absolute Gasteiger partial charge is 0.482 e. The quantitative estimate of drug-likeness (QED) is 0.721. The van der Waals surface area contributed by atoms with E-state index >= 15 is 0 Å². The number of halogens is 1. The van der Waals surface area contributed by atoms with E-state index in [2.05, 4.69) is 17.6 Å². The molecule has 3 amide bonds. The fraction of sp³-hybridized carbons (Fsp3) is 0.526. The van der Waals surface area contributed by atoms with Gasteiger partial charge in [0.1, 0.15) is 5.75 Å². The number of esters is 1. The van der Waals surface area contributed by atoms with Crippen molar-refractivity contribution in [2.45, 2.75) is 45.6 Å². The molecule has 1 aliphatic carbocycles. The van der Waals surface area contributed by atoms with E-state index in [1.807, 2.05) is 0 Å². The summed E-state index contributed by atoms with van der Waals surface area (Å²) in [6, 6.07) is 4.50. The van der Waals surface area contributed by atoms with Gasteiger partial charge in [-0.1, -0.05) is 31.4 Å². The number of rotatable bonds is 6. The van der Waals surface area contributed by atoms with Gasteiger partial charge in [-0.2, -0.15) is 0 Å². The van der Waals surface area contributed by atoms with Crippen LogP contribution in [0.25, 0.3) is 0 Å². The molecule has 0 spiro atoms. The van der Waals surface area contributed by atoms with Gasteiger partial charge >= 0.3 is 12.0 Å². The van der Waals surface area contributed by atoms with Crippen LogP contribution in [0.4, 0.5) is 4.79 Å². The maximum Gasteiger partial charge on any atom is 0.344 e. The highest BCUT2D eigenvalue weighted by atomic mass is 35.5. The van der Waals surface area contributed by atoms with E-state index in [1.165, 1.54) is 0 Å². The third kappa shape index (κ3) is 7.09. The first-order chi connectivity index (χ1) is 12.8. The molecule has 2 unspecified atom stereocenters. The maximum absolute atomic E-state index is 11.9. The molecule has 27 heavy (non-hydrogen) atoms. The Morgan fingerprint density at radius 3 is 2.63 bits per heavy atom. The zero-order valence-electron chi connectivity index (χ0n) is 15.5. The lowest BCUT2D eigenvalue weighted by atomic mass is 9.86. The number of imide groups is 1. The molecule has 1 aromatic rings. The molecule has 1 aliphatic rings. The fourth-order valence-corrected chi connectivity index (χ4v) is 3.22. The van der Waals surface area contributed by atoms with Gasteiger partial charge in [-0.15, -0.1) is 0 Å². The molecule has 8 heteroatoms. The first-order valence-electron chi connectivity index (χ1n) is 9.00. The normalized spacial score (nSPS) is 19.1. The van der Waals surface area contributed by atoms with Crippen LogP contribution in [-0.2, 0) is 14.3 Å². The lowest BCUT2D eigenvalue weighted by Crippen LogP contribution is -2.48. The van der Waals surface area contributed by atoms with Crippen molar-refractivity contribution in [2.24, 2.45) is 5.92 Å². The predicted molar refractivity (Wildman–Crippen MR) is 101 cm³/mol. The molecule has 0 aliphatic heterocycles. The summed E-state index contributed by atoms with van der Waals surface area (Å²) in [5.41, 5.74) is 0.779. The van der Waals surface area contributed by atoms with Gasteiger partial charge in [-0.25, -0.2) is 9.59 Å². The summed E-state index contributed by atoms with van der Waals surface area (Å²) >= 11 is 5.85. The van der Waals surface area contributed by atoms with Crippen molar-refractivity contribution in [2.75, 3.05) is 13.2 Å². The Labute approximate surface area is 163 Å². The van der Waals surface area contributed by atoms with Gasteiger partial charge in [0.2, 0.25) is 0 Å². The first kappa shape index (κ1) is 21.0. The van der Waals surface area contributed by atoms with Crippen LogP contribution in [-0.4, -0.2) is 37.2 Å². The van der Waals surface area contributed by atoms with Crippen molar-refractivity contribution in [3.8, 4) is 5.75 Å². The van der Waals surface area contributed by atoms with E-state index in [0.717, 1.165) is 31.2 Å². The molecule has 1 aromatic carbocycles. The summed E-state index contributed by atoms with van der Waals surface area (Å²) in [6.07, 6.45) is 4.18. The Hall–Kier alpha value is -2.28. The number of hydrogen-bond donors (Lipinski definition) is 2. The Morgan fingerprint density at radius 2 is 1.93 bits per heavy atom. The van der Waals surface area contributed by atoms with Crippen LogP contribution in [0.15, 0.2) is 18.2 Å². The Bertz CT molecular complexity index is 695. The summed E-state index contributed by atoms with van der Waals surface area (Å²) < 4.78 is 10.2. The number of carbonyl (C=O) groups is 3. The van der Waals surface area contributed by atoms with Crippen LogP contribution in [0.3, 0.4) is 0 Å². The molecule has 2 atom stereocenters. The number of carbonyl (C=O) groups excluding carboxylic acids is 3. The second-order valence-electron chi connectivity index (χ2n) is 6.75. The summed E-state index contributed by atoms with van der Waals surface area (Å²) in [5.74, 6) is -0.513. The molecule has 1 saturated carbocycles. The number of amides is 3. The molecule has 148 valence electrons. The minimum absolute atomic E-state index is 0.0603. The van der Waals surface area contributed by atoms with E-state index < -0.39 is 24.5 Å². The van der Waals surface area contributed by atoms with Crippen LogP contribution < -0.4 is 15.4 Å². The van der Waals surface area contributed by atoms with Crippen LogP contribution in [0.2, 0.25) is 5.02 Å². The highest BCUT2D eigenvalue weighted by molar-refractivity contribution is 6.30. The SMILES string of the molecule is Cc1cc(Cl)ccc1OCC(=O)OCC(=O)NC(=O)NC1CCCCC1C. The zero-order valence-corrected chi connectivity index (χ0v) is 16.3. The van der Waals surface area contributed by atoms with Crippen molar-refractivity contribution in [3.05, 3.63) is 28.8 Å². The fourth-order valence-electron chi connectivity index (χ4n) is 3.00. The minimum atomic E-state index is -0.708. The number of ether oxygens (including phenoxy) is 2. The number of aryl methyl sites for hydroxylation is 1. The highest BCUT2D eigenvalue weighted by Gasteiger charge is 2.23. The van der Waals surface area contributed by atoms with E-state index in [1.54, 1.807) is 25.1 Å². The second-order valence-corrected chi connectivity index (χ2v) is 7.19. The Balaban J connectivity index is 1.66. The average Bonchev–Trinajstić information content (AvgIpc) is 2.61. The van der Waals surface area contributed by atoms with Gasteiger partial charge in [-0.3, -0.25) is 10.1 Å². The molecular weight excluding hydrogens is 372 g/mol. The van der Waals surface area contributed by atoms with Crippen molar-refractivity contribution >= 4 is 29.5 Å². The van der Waals surface area contributed by atoms with Gasteiger partial charge in [0.15, 0.2) is 13.2 Å². The van der Waals surface area contributed by atoms with Gasteiger partial charge in [0.25, 0.3) is 5.91 Å². The smallest absolute Gasteiger partial charge is 0.344 e. The van der Waals surface area contributed by atoms with E-state index in [-0.39, 0.29) is 12.6 Å². The van der Waals surface area contributed by atoms with Crippen LogP contribution in [0, 0.1) is 12.8 Å². The third-order valence-corrected chi connectivity index (χ3v) is 4.76. The molecule has 2 N–H and O–H groups in total. The third-order valence-electron chi connectivity index (χ3n) is 4.53. The number of benzene rings is 1. The summed E-state index contributed by atoms with van der Waals surface area (Å²) in [4.78, 5) is 35.3. The highest BCUT2D eigenvalue weighted by Crippen LogP contribution is 2.23. The topological polar surface area (TPSA) is 93.7 Å². The first-order valence-corrected chi connectivity index (χ1v) is 9.38. The van der Waals surface area contributed by atoms with Crippen molar-refractivity contribution in [1.82, 2.24) is 10.6 Å². The molecular formula is C19H25ClN2O5. The predicted octanol–water partition coefficient (Wildman–Crippen LogP) is 2.97. The van der Waals surface area contributed by atoms with Crippen LogP contribution >= 0.6 is 11.6 Å². The summed E-state index contributed by atoms with van der Waals surface area (Å²) in [6.45, 7) is 2.98. The lowest BCUT2D eigenvalue weighted by Gasteiger charge is -2.29. The minimum Gasteiger partial charge on any atom is -0.482 e. The standard InChI is InChI=1S/C19H25ClN2O5/c1-12-5-3-4-6-15(12)21-19(25)22-17(23)10-27-18(24)11-26-16-8-7-14(20)9-13(16)2/h7-9,12,15H,3-6,10-11H2,1-2H3,(H2,21,22,23,25). The molecule has 0 heterocycles. The number of urea groups is 1. The van der Waals surface area contributed by atoms with E-state index in [4.69, 9.17) is 21.1 Å². The van der Waals surface area contributed by atoms with Crippen molar-refractivity contribution in [1.29, 1.82) is 0 Å². The molecule has 0 radical (unpaired) electrons. The zero-order chi connectivity index (χ0) is 19.8. The van der Waals surface area contributed by atoms with Gasteiger partial charge in [0, 0.05) is 11.1 Å².